The van der Waals surface area contributed by atoms with Gasteiger partial charge in [0.05, 0.1) is 6.61 Å². The Labute approximate surface area is 82.3 Å². The van der Waals surface area contributed by atoms with E-state index in [9.17, 15) is 0 Å². The SMILES string of the molecule is C#CCOCCN(C(C)C)C(C)C. The van der Waals surface area contributed by atoms with Crippen molar-refractivity contribution in [2.24, 2.45) is 0 Å². The molecule has 0 spiro atoms. The fourth-order valence-electron chi connectivity index (χ4n) is 1.41. The third-order valence-electron chi connectivity index (χ3n) is 2.01. The molecule has 0 saturated heterocycles. The van der Waals surface area contributed by atoms with Crippen molar-refractivity contribution in [3.63, 3.8) is 0 Å². The van der Waals surface area contributed by atoms with E-state index in [1.807, 2.05) is 0 Å². The minimum atomic E-state index is 0.421. The molecule has 0 aliphatic carbocycles. The van der Waals surface area contributed by atoms with Crippen LogP contribution in [-0.2, 0) is 4.74 Å². The Balaban J connectivity index is 3.65. The highest BCUT2D eigenvalue weighted by Crippen LogP contribution is 2.03. The lowest BCUT2D eigenvalue weighted by molar-refractivity contribution is 0.0945. The molecular formula is C11H21NO. The molecule has 0 aliphatic rings. The smallest absolute Gasteiger partial charge is 0.107 e. The molecule has 0 atom stereocenters. The van der Waals surface area contributed by atoms with E-state index in [-0.39, 0.29) is 0 Å². The van der Waals surface area contributed by atoms with Crippen molar-refractivity contribution >= 4 is 0 Å². The van der Waals surface area contributed by atoms with Crippen molar-refractivity contribution < 1.29 is 4.74 Å². The Morgan fingerprint density at radius 3 is 2.15 bits per heavy atom. The van der Waals surface area contributed by atoms with Crippen LogP contribution in [0.2, 0.25) is 0 Å². The second-order valence-corrected chi connectivity index (χ2v) is 3.68. The van der Waals surface area contributed by atoms with E-state index in [1.165, 1.54) is 0 Å². The minimum absolute atomic E-state index is 0.421. The summed E-state index contributed by atoms with van der Waals surface area (Å²) in [6.45, 7) is 10.9. The van der Waals surface area contributed by atoms with Gasteiger partial charge in [-0.3, -0.25) is 4.90 Å². The van der Waals surface area contributed by atoms with Gasteiger partial charge in [0.15, 0.2) is 0 Å². The zero-order valence-electron chi connectivity index (χ0n) is 9.21. The summed E-state index contributed by atoms with van der Waals surface area (Å²) in [5.74, 6) is 2.46. The molecule has 0 fully saturated rings. The number of rotatable bonds is 6. The molecule has 0 aliphatic heterocycles. The van der Waals surface area contributed by atoms with E-state index < -0.39 is 0 Å². The van der Waals surface area contributed by atoms with Crippen LogP contribution in [0.5, 0.6) is 0 Å². The van der Waals surface area contributed by atoms with E-state index in [0.717, 1.165) is 13.2 Å². The lowest BCUT2D eigenvalue weighted by atomic mass is 10.2. The van der Waals surface area contributed by atoms with E-state index in [0.29, 0.717) is 18.7 Å². The molecule has 0 amide bonds. The summed E-state index contributed by atoms with van der Waals surface area (Å²) >= 11 is 0. The first-order valence-corrected chi connectivity index (χ1v) is 4.86. The zero-order chi connectivity index (χ0) is 10.3. The third kappa shape index (κ3) is 5.68. The summed E-state index contributed by atoms with van der Waals surface area (Å²) in [6.07, 6.45) is 5.08. The van der Waals surface area contributed by atoms with Gasteiger partial charge in [0.1, 0.15) is 6.61 Å². The molecule has 0 unspecified atom stereocenters. The van der Waals surface area contributed by atoms with Crippen LogP contribution in [0.3, 0.4) is 0 Å². The van der Waals surface area contributed by atoms with E-state index in [1.54, 1.807) is 0 Å². The molecule has 0 bridgehead atoms. The van der Waals surface area contributed by atoms with Crippen LogP contribution < -0.4 is 0 Å². The van der Waals surface area contributed by atoms with Crippen molar-refractivity contribution in [3.05, 3.63) is 0 Å². The molecule has 76 valence electrons. The number of ether oxygens (including phenoxy) is 1. The maximum Gasteiger partial charge on any atom is 0.107 e. The van der Waals surface area contributed by atoms with Gasteiger partial charge in [0, 0.05) is 18.6 Å². The van der Waals surface area contributed by atoms with Crippen molar-refractivity contribution in [1.29, 1.82) is 0 Å². The minimum Gasteiger partial charge on any atom is -0.367 e. The van der Waals surface area contributed by atoms with Gasteiger partial charge in [-0.05, 0) is 27.7 Å². The topological polar surface area (TPSA) is 12.5 Å². The quantitative estimate of drug-likeness (QED) is 0.459. The van der Waals surface area contributed by atoms with Gasteiger partial charge in [0.25, 0.3) is 0 Å². The Morgan fingerprint density at radius 1 is 1.23 bits per heavy atom. The van der Waals surface area contributed by atoms with E-state index in [2.05, 4.69) is 38.5 Å². The Kier molecular flexibility index (Phi) is 6.66. The van der Waals surface area contributed by atoms with Crippen LogP contribution in [0.25, 0.3) is 0 Å². The maximum absolute atomic E-state index is 5.24. The van der Waals surface area contributed by atoms with Gasteiger partial charge >= 0.3 is 0 Å². The lowest BCUT2D eigenvalue weighted by Crippen LogP contribution is -2.39. The van der Waals surface area contributed by atoms with E-state index in [4.69, 9.17) is 11.2 Å². The summed E-state index contributed by atoms with van der Waals surface area (Å²) in [6, 6.07) is 1.13. The molecule has 0 N–H and O–H groups in total. The molecule has 2 heteroatoms. The molecule has 0 aromatic carbocycles. The van der Waals surface area contributed by atoms with Crippen LogP contribution >= 0.6 is 0 Å². The monoisotopic (exact) mass is 183 g/mol. The van der Waals surface area contributed by atoms with Gasteiger partial charge in [-0.2, -0.15) is 0 Å². The fraction of sp³-hybridized carbons (Fsp3) is 0.818. The molecule has 0 rings (SSSR count). The highest BCUT2D eigenvalue weighted by Gasteiger charge is 2.11. The molecule has 0 radical (unpaired) electrons. The number of terminal acetylenes is 1. The molecule has 13 heavy (non-hydrogen) atoms. The van der Waals surface area contributed by atoms with Gasteiger partial charge in [-0.25, -0.2) is 0 Å². The second-order valence-electron chi connectivity index (χ2n) is 3.68. The van der Waals surface area contributed by atoms with Crippen LogP contribution in [0.4, 0.5) is 0 Å². The van der Waals surface area contributed by atoms with Crippen LogP contribution in [-0.4, -0.2) is 36.7 Å². The van der Waals surface area contributed by atoms with Crippen LogP contribution in [0.15, 0.2) is 0 Å². The van der Waals surface area contributed by atoms with Gasteiger partial charge in [-0.1, -0.05) is 5.92 Å². The average Bonchev–Trinajstić information content (AvgIpc) is 2.02. The maximum atomic E-state index is 5.24. The normalized spacial score (nSPS) is 11.2. The van der Waals surface area contributed by atoms with E-state index >= 15 is 0 Å². The second kappa shape index (κ2) is 6.94. The van der Waals surface area contributed by atoms with Crippen LogP contribution in [0.1, 0.15) is 27.7 Å². The highest BCUT2D eigenvalue weighted by molar-refractivity contribution is 4.82. The summed E-state index contributed by atoms with van der Waals surface area (Å²) in [4.78, 5) is 2.39. The van der Waals surface area contributed by atoms with Gasteiger partial charge < -0.3 is 4.74 Å². The average molecular weight is 183 g/mol. The fourth-order valence-corrected chi connectivity index (χ4v) is 1.41. The lowest BCUT2D eigenvalue weighted by Gasteiger charge is -2.30. The Hall–Kier alpha value is -0.520. The van der Waals surface area contributed by atoms with Crippen molar-refractivity contribution in [1.82, 2.24) is 4.90 Å². The third-order valence-corrected chi connectivity index (χ3v) is 2.01. The molecule has 0 aromatic heterocycles. The standard InChI is InChI=1S/C11H21NO/c1-6-8-13-9-7-12(10(2)3)11(4)5/h1,10-11H,7-9H2,2-5H3. The Morgan fingerprint density at radius 2 is 1.77 bits per heavy atom. The zero-order valence-corrected chi connectivity index (χ0v) is 9.21. The summed E-state index contributed by atoms with van der Waals surface area (Å²) in [7, 11) is 0. The summed E-state index contributed by atoms with van der Waals surface area (Å²) < 4.78 is 5.24. The molecule has 0 aromatic rings. The number of hydrogen-bond donors (Lipinski definition) is 0. The molecular weight excluding hydrogens is 162 g/mol. The number of nitrogens with zero attached hydrogens (tertiary/aromatic N) is 1. The first kappa shape index (κ1) is 12.5. The highest BCUT2D eigenvalue weighted by atomic mass is 16.5. The van der Waals surface area contributed by atoms with Crippen molar-refractivity contribution in [3.8, 4) is 12.3 Å². The molecule has 0 heterocycles. The predicted octanol–water partition coefficient (Wildman–Crippen LogP) is 1.75. The first-order valence-electron chi connectivity index (χ1n) is 4.86. The molecule has 0 saturated carbocycles. The largest absolute Gasteiger partial charge is 0.367 e. The van der Waals surface area contributed by atoms with Crippen molar-refractivity contribution in [2.75, 3.05) is 19.8 Å². The predicted molar refractivity (Wildman–Crippen MR) is 56.6 cm³/mol. The molecule has 2 nitrogen and oxygen atoms in total. The Bertz CT molecular complexity index is 150. The van der Waals surface area contributed by atoms with Crippen molar-refractivity contribution in [2.45, 2.75) is 39.8 Å². The van der Waals surface area contributed by atoms with Gasteiger partial charge in [-0.15, -0.1) is 6.42 Å². The first-order chi connectivity index (χ1) is 6.09. The van der Waals surface area contributed by atoms with Gasteiger partial charge in [0.2, 0.25) is 0 Å². The number of hydrogen-bond acceptors (Lipinski definition) is 2. The van der Waals surface area contributed by atoms with Crippen LogP contribution in [0, 0.1) is 12.3 Å². The summed E-state index contributed by atoms with van der Waals surface area (Å²) in [5.41, 5.74) is 0. The summed E-state index contributed by atoms with van der Waals surface area (Å²) in [5, 5.41) is 0.